The number of sulfonamides is 1. The van der Waals surface area contributed by atoms with Crippen LogP contribution in [0.3, 0.4) is 0 Å². The molecular formula is C31H39N3O7S. The molecule has 1 atom stereocenters. The van der Waals surface area contributed by atoms with Crippen LogP contribution in [0, 0.1) is 0 Å². The van der Waals surface area contributed by atoms with Gasteiger partial charge in [-0.25, -0.2) is 8.42 Å². The Morgan fingerprint density at radius 1 is 0.857 bits per heavy atom. The van der Waals surface area contributed by atoms with Gasteiger partial charge >= 0.3 is 0 Å². The summed E-state index contributed by atoms with van der Waals surface area (Å²) in [6.45, 7) is 1.84. The summed E-state index contributed by atoms with van der Waals surface area (Å²) in [6, 6.07) is 20.3. The van der Waals surface area contributed by atoms with Crippen LogP contribution in [-0.4, -0.2) is 71.8 Å². The van der Waals surface area contributed by atoms with Crippen molar-refractivity contribution in [3.63, 3.8) is 0 Å². The van der Waals surface area contributed by atoms with Crippen molar-refractivity contribution in [2.24, 2.45) is 0 Å². The van der Waals surface area contributed by atoms with Crippen molar-refractivity contribution in [1.29, 1.82) is 0 Å². The maximum Gasteiger partial charge on any atom is 0.244 e. The highest BCUT2D eigenvalue weighted by Gasteiger charge is 2.33. The summed E-state index contributed by atoms with van der Waals surface area (Å²) in [4.78, 5) is 29.3. The number of hydrogen-bond donors (Lipinski definition) is 1. The van der Waals surface area contributed by atoms with Crippen LogP contribution in [0.1, 0.15) is 24.5 Å². The standard InChI is InChI=1S/C31H39N3O7S/c1-6-17-32-31(36)28(19-23-11-8-7-9-12-23)33(21-24-13-10-14-25(18-24)39-2)30(35)22-34(42(5,37)38)27-20-26(40-3)15-16-29(27)41-4/h7-16,18,20,28H,6,17,19,21-22H2,1-5H3,(H,32,36)/t28-/m0/s1. The molecule has 3 aromatic rings. The Hall–Kier alpha value is -4.25. The maximum absolute atomic E-state index is 14.2. The summed E-state index contributed by atoms with van der Waals surface area (Å²) in [5.74, 6) is 0.326. The largest absolute Gasteiger partial charge is 0.497 e. The van der Waals surface area contributed by atoms with E-state index in [-0.39, 0.29) is 30.3 Å². The van der Waals surface area contributed by atoms with Crippen LogP contribution >= 0.6 is 0 Å². The highest BCUT2D eigenvalue weighted by molar-refractivity contribution is 7.92. The molecule has 2 amide bonds. The normalized spacial score (nSPS) is 11.7. The second-order valence-electron chi connectivity index (χ2n) is 9.68. The molecule has 0 aromatic heterocycles. The lowest BCUT2D eigenvalue weighted by Crippen LogP contribution is -2.53. The molecule has 0 aliphatic rings. The number of methoxy groups -OCH3 is 3. The topological polar surface area (TPSA) is 114 Å². The fraction of sp³-hybridized carbons (Fsp3) is 0.355. The molecule has 226 valence electrons. The van der Waals surface area contributed by atoms with E-state index < -0.39 is 28.5 Å². The Balaban J connectivity index is 2.11. The van der Waals surface area contributed by atoms with E-state index in [9.17, 15) is 18.0 Å². The molecule has 0 saturated carbocycles. The van der Waals surface area contributed by atoms with Crippen molar-refractivity contribution >= 4 is 27.5 Å². The van der Waals surface area contributed by atoms with E-state index in [1.54, 1.807) is 37.4 Å². The zero-order chi connectivity index (χ0) is 30.7. The number of carbonyl (C=O) groups excluding carboxylic acids is 2. The number of carbonyl (C=O) groups is 2. The Bertz CT molecular complexity index is 1450. The number of amides is 2. The van der Waals surface area contributed by atoms with E-state index in [4.69, 9.17) is 14.2 Å². The van der Waals surface area contributed by atoms with E-state index in [0.29, 0.717) is 30.0 Å². The molecule has 1 N–H and O–H groups in total. The van der Waals surface area contributed by atoms with E-state index in [1.807, 2.05) is 43.3 Å². The molecule has 42 heavy (non-hydrogen) atoms. The highest BCUT2D eigenvalue weighted by atomic mass is 32.2. The Labute approximate surface area is 248 Å². The van der Waals surface area contributed by atoms with Gasteiger partial charge in [-0.05, 0) is 41.8 Å². The molecule has 0 radical (unpaired) electrons. The predicted octanol–water partition coefficient (Wildman–Crippen LogP) is 3.64. The van der Waals surface area contributed by atoms with Crippen LogP contribution in [0.2, 0.25) is 0 Å². The lowest BCUT2D eigenvalue weighted by Gasteiger charge is -2.33. The third-order valence-corrected chi connectivity index (χ3v) is 7.77. The molecule has 0 unspecified atom stereocenters. The Morgan fingerprint density at radius 3 is 2.14 bits per heavy atom. The first-order valence-corrected chi connectivity index (χ1v) is 15.4. The van der Waals surface area contributed by atoms with Gasteiger partial charge in [-0.3, -0.25) is 13.9 Å². The second kappa shape index (κ2) is 15.1. The zero-order valence-corrected chi connectivity index (χ0v) is 25.5. The van der Waals surface area contributed by atoms with Crippen molar-refractivity contribution in [3.8, 4) is 17.2 Å². The SMILES string of the molecule is CCCNC(=O)[C@H](Cc1ccccc1)N(Cc1cccc(OC)c1)C(=O)CN(c1cc(OC)ccc1OC)S(C)(=O)=O. The molecule has 10 nitrogen and oxygen atoms in total. The fourth-order valence-corrected chi connectivity index (χ4v) is 5.32. The molecule has 3 aromatic carbocycles. The minimum absolute atomic E-state index is 0.0416. The molecule has 0 fully saturated rings. The van der Waals surface area contributed by atoms with Crippen molar-refractivity contribution in [3.05, 3.63) is 83.9 Å². The Kier molecular flexibility index (Phi) is 11.6. The van der Waals surface area contributed by atoms with E-state index in [2.05, 4.69) is 5.32 Å². The molecular weight excluding hydrogens is 558 g/mol. The van der Waals surface area contributed by atoms with Gasteiger partial charge in [0, 0.05) is 25.6 Å². The summed E-state index contributed by atoms with van der Waals surface area (Å²) in [5.41, 5.74) is 1.71. The van der Waals surface area contributed by atoms with Crippen molar-refractivity contribution in [2.75, 3.05) is 45.0 Å². The minimum atomic E-state index is -3.98. The van der Waals surface area contributed by atoms with Gasteiger partial charge in [0.25, 0.3) is 0 Å². The van der Waals surface area contributed by atoms with E-state index in [0.717, 1.165) is 16.1 Å². The summed E-state index contributed by atoms with van der Waals surface area (Å²) in [7, 11) is 0.441. The number of nitrogens with one attached hydrogen (secondary N) is 1. The van der Waals surface area contributed by atoms with Crippen LogP contribution in [0.5, 0.6) is 17.2 Å². The molecule has 0 heterocycles. The van der Waals surface area contributed by atoms with Crippen LogP contribution in [0.4, 0.5) is 5.69 Å². The van der Waals surface area contributed by atoms with Crippen LogP contribution < -0.4 is 23.8 Å². The first-order valence-electron chi connectivity index (χ1n) is 13.5. The average Bonchev–Trinajstić information content (AvgIpc) is 2.99. The van der Waals surface area contributed by atoms with Gasteiger partial charge < -0.3 is 24.4 Å². The van der Waals surface area contributed by atoms with Crippen LogP contribution in [-0.2, 0) is 32.6 Å². The lowest BCUT2D eigenvalue weighted by molar-refractivity contribution is -0.140. The average molecular weight is 598 g/mol. The smallest absolute Gasteiger partial charge is 0.244 e. The Morgan fingerprint density at radius 2 is 1.52 bits per heavy atom. The number of benzene rings is 3. The number of nitrogens with zero attached hydrogens (tertiary/aromatic N) is 2. The first-order chi connectivity index (χ1) is 20.1. The fourth-order valence-electron chi connectivity index (χ4n) is 4.47. The van der Waals surface area contributed by atoms with Crippen molar-refractivity contribution in [2.45, 2.75) is 32.4 Å². The number of rotatable bonds is 15. The summed E-state index contributed by atoms with van der Waals surface area (Å²) in [6.07, 6.45) is 1.96. The number of anilines is 1. The monoisotopic (exact) mass is 597 g/mol. The third-order valence-electron chi connectivity index (χ3n) is 6.64. The van der Waals surface area contributed by atoms with Gasteiger partial charge in [0.05, 0.1) is 33.3 Å². The molecule has 11 heteroatoms. The summed E-state index contributed by atoms with van der Waals surface area (Å²) in [5, 5.41) is 2.92. The molecule has 0 saturated heterocycles. The summed E-state index contributed by atoms with van der Waals surface area (Å²) >= 11 is 0. The maximum atomic E-state index is 14.2. The van der Waals surface area contributed by atoms with Crippen molar-refractivity contribution < 1.29 is 32.2 Å². The second-order valence-corrected chi connectivity index (χ2v) is 11.6. The van der Waals surface area contributed by atoms with Gasteiger partial charge in [0.1, 0.15) is 29.8 Å². The molecule has 0 aliphatic heterocycles. The van der Waals surface area contributed by atoms with Crippen LogP contribution in [0.25, 0.3) is 0 Å². The van der Waals surface area contributed by atoms with E-state index >= 15 is 0 Å². The van der Waals surface area contributed by atoms with E-state index in [1.165, 1.54) is 25.2 Å². The minimum Gasteiger partial charge on any atom is -0.497 e. The van der Waals surface area contributed by atoms with Gasteiger partial charge in [0.2, 0.25) is 21.8 Å². The van der Waals surface area contributed by atoms with Crippen LogP contribution in [0.15, 0.2) is 72.8 Å². The van der Waals surface area contributed by atoms with Gasteiger partial charge in [-0.15, -0.1) is 0 Å². The highest BCUT2D eigenvalue weighted by Crippen LogP contribution is 2.34. The van der Waals surface area contributed by atoms with Gasteiger partial charge in [0.15, 0.2) is 0 Å². The lowest BCUT2D eigenvalue weighted by atomic mass is 10.0. The van der Waals surface area contributed by atoms with Crippen molar-refractivity contribution in [1.82, 2.24) is 10.2 Å². The molecule has 0 spiro atoms. The zero-order valence-electron chi connectivity index (χ0n) is 24.7. The summed E-state index contributed by atoms with van der Waals surface area (Å²) < 4.78 is 43.3. The first kappa shape index (κ1) is 32.3. The number of ether oxygens (including phenoxy) is 3. The van der Waals surface area contributed by atoms with Gasteiger partial charge in [-0.1, -0.05) is 49.4 Å². The van der Waals surface area contributed by atoms with Gasteiger partial charge in [-0.2, -0.15) is 0 Å². The quantitative estimate of drug-likeness (QED) is 0.285. The molecule has 0 aliphatic carbocycles. The number of hydrogen-bond acceptors (Lipinski definition) is 7. The third kappa shape index (κ3) is 8.62. The molecule has 3 rings (SSSR count). The molecule has 0 bridgehead atoms. The predicted molar refractivity (Wildman–Crippen MR) is 163 cm³/mol.